The number of esters is 1. The molecular weight excluding hydrogens is 656 g/mol. The van der Waals surface area contributed by atoms with E-state index in [1.807, 2.05) is 13.8 Å². The summed E-state index contributed by atoms with van der Waals surface area (Å²) in [6, 6.07) is 6.74. The SMILES string of the molecule is CCC#CCC(C)[C@@H](C=C[C@@H]1[C@@H](CC=CCCCC(=O)OC)[C@@H](OS(=O)(=O)c2ccc(C)cc2)C[C@H]1OC1CCCCO1)OC1CCCCO1. The second-order valence-electron chi connectivity index (χ2n) is 13.7. The monoisotopic (exact) mass is 714 g/mol. The van der Waals surface area contributed by atoms with Crippen LogP contribution in [0.4, 0.5) is 0 Å². The van der Waals surface area contributed by atoms with Gasteiger partial charge in [-0.2, -0.15) is 8.42 Å². The lowest BCUT2D eigenvalue weighted by Gasteiger charge is -2.31. The molecule has 3 aliphatic rings. The largest absolute Gasteiger partial charge is 0.469 e. The van der Waals surface area contributed by atoms with Gasteiger partial charge >= 0.3 is 5.97 Å². The van der Waals surface area contributed by atoms with Crippen molar-refractivity contribution >= 4 is 16.1 Å². The molecule has 1 aromatic carbocycles. The van der Waals surface area contributed by atoms with Crippen LogP contribution in [0.2, 0.25) is 0 Å². The topological polar surface area (TPSA) is 107 Å². The highest BCUT2D eigenvalue weighted by Crippen LogP contribution is 2.42. The van der Waals surface area contributed by atoms with E-state index >= 15 is 0 Å². The zero-order chi connectivity index (χ0) is 35.8. The lowest BCUT2D eigenvalue weighted by molar-refractivity contribution is -0.193. The van der Waals surface area contributed by atoms with Crippen LogP contribution in [0.5, 0.6) is 0 Å². The highest BCUT2D eigenvalue weighted by molar-refractivity contribution is 7.86. The number of hydrogen-bond acceptors (Lipinski definition) is 9. The number of hydrogen-bond donors (Lipinski definition) is 0. The van der Waals surface area contributed by atoms with Gasteiger partial charge in [0, 0.05) is 44.8 Å². The number of rotatable bonds is 17. The zero-order valence-electron chi connectivity index (χ0n) is 30.4. The first-order valence-corrected chi connectivity index (χ1v) is 20.0. The molecule has 9 nitrogen and oxygen atoms in total. The number of carbonyl (C=O) groups is 1. The maximum Gasteiger partial charge on any atom is 0.305 e. The molecule has 0 radical (unpaired) electrons. The predicted molar refractivity (Wildman–Crippen MR) is 192 cm³/mol. The summed E-state index contributed by atoms with van der Waals surface area (Å²) in [5, 5.41) is 0. The molecule has 4 rings (SSSR count). The highest BCUT2D eigenvalue weighted by Gasteiger charge is 2.46. The summed E-state index contributed by atoms with van der Waals surface area (Å²) in [6.45, 7) is 7.44. The third-order valence-electron chi connectivity index (χ3n) is 9.70. The normalized spacial score (nSPS) is 27.2. The Labute approximate surface area is 300 Å². The van der Waals surface area contributed by atoms with Crippen molar-refractivity contribution in [3.8, 4) is 11.8 Å². The number of unbranched alkanes of at least 4 members (excludes halogenated alkanes) is 1. The first-order valence-electron chi connectivity index (χ1n) is 18.6. The van der Waals surface area contributed by atoms with Gasteiger partial charge < -0.3 is 23.7 Å². The summed E-state index contributed by atoms with van der Waals surface area (Å²) >= 11 is 0. The smallest absolute Gasteiger partial charge is 0.305 e. The fourth-order valence-corrected chi connectivity index (χ4v) is 7.89. The molecule has 1 aliphatic carbocycles. The molecule has 50 heavy (non-hydrogen) atoms. The van der Waals surface area contributed by atoms with Crippen molar-refractivity contribution in [2.75, 3.05) is 20.3 Å². The van der Waals surface area contributed by atoms with E-state index in [0.717, 1.165) is 50.5 Å². The van der Waals surface area contributed by atoms with Gasteiger partial charge in [0.15, 0.2) is 12.6 Å². The van der Waals surface area contributed by atoms with Crippen molar-refractivity contribution in [1.29, 1.82) is 0 Å². The van der Waals surface area contributed by atoms with Crippen molar-refractivity contribution in [3.05, 3.63) is 54.1 Å². The average molecular weight is 715 g/mol. The quantitative estimate of drug-likeness (QED) is 0.0525. The van der Waals surface area contributed by atoms with Gasteiger partial charge in [-0.15, -0.1) is 11.8 Å². The van der Waals surface area contributed by atoms with E-state index in [1.54, 1.807) is 24.3 Å². The first-order chi connectivity index (χ1) is 24.2. The van der Waals surface area contributed by atoms with E-state index in [9.17, 15) is 13.2 Å². The molecule has 3 unspecified atom stereocenters. The van der Waals surface area contributed by atoms with Gasteiger partial charge in [-0.05, 0) is 88.7 Å². The van der Waals surface area contributed by atoms with E-state index in [1.165, 1.54) is 7.11 Å². The minimum atomic E-state index is -4.04. The molecule has 1 aromatic rings. The van der Waals surface area contributed by atoms with Crippen molar-refractivity contribution in [2.45, 2.75) is 140 Å². The molecule has 0 amide bonds. The van der Waals surface area contributed by atoms with Gasteiger partial charge in [-0.25, -0.2) is 0 Å². The van der Waals surface area contributed by atoms with Crippen LogP contribution in [0.3, 0.4) is 0 Å². The Morgan fingerprint density at radius 3 is 2.38 bits per heavy atom. The van der Waals surface area contributed by atoms with Crippen molar-refractivity contribution in [3.63, 3.8) is 0 Å². The van der Waals surface area contributed by atoms with E-state index in [0.29, 0.717) is 51.7 Å². The lowest BCUT2D eigenvalue weighted by atomic mass is 9.88. The van der Waals surface area contributed by atoms with Crippen LogP contribution in [0.25, 0.3) is 0 Å². The predicted octanol–water partition coefficient (Wildman–Crippen LogP) is 7.81. The number of ether oxygens (including phenoxy) is 5. The molecule has 278 valence electrons. The second kappa shape index (κ2) is 21.1. The Morgan fingerprint density at radius 1 is 1.00 bits per heavy atom. The Hall–Kier alpha value is -2.52. The van der Waals surface area contributed by atoms with Crippen LogP contribution < -0.4 is 0 Å². The number of benzene rings is 1. The third-order valence-corrected chi connectivity index (χ3v) is 11.1. The second-order valence-corrected chi connectivity index (χ2v) is 15.3. The van der Waals surface area contributed by atoms with Gasteiger partial charge in [0.25, 0.3) is 10.1 Å². The summed E-state index contributed by atoms with van der Waals surface area (Å²) in [5.74, 6) is 5.97. The van der Waals surface area contributed by atoms with Crippen LogP contribution in [0.15, 0.2) is 53.5 Å². The van der Waals surface area contributed by atoms with Gasteiger partial charge in [0.1, 0.15) is 0 Å². The van der Waals surface area contributed by atoms with Gasteiger partial charge in [-0.3, -0.25) is 8.98 Å². The third kappa shape index (κ3) is 12.9. The van der Waals surface area contributed by atoms with E-state index in [4.69, 9.17) is 27.9 Å². The number of carbonyl (C=O) groups excluding carboxylic acids is 1. The molecule has 2 heterocycles. The Balaban J connectivity index is 1.63. The van der Waals surface area contributed by atoms with Crippen LogP contribution in [0, 0.1) is 36.5 Å². The number of allylic oxidation sites excluding steroid dienone is 2. The Kier molecular flexibility index (Phi) is 17.0. The highest BCUT2D eigenvalue weighted by atomic mass is 32.2. The summed E-state index contributed by atoms with van der Waals surface area (Å²) in [6.07, 6.45) is 16.5. The lowest BCUT2D eigenvalue weighted by Crippen LogP contribution is -2.32. The molecule has 8 atom stereocenters. The van der Waals surface area contributed by atoms with Crippen LogP contribution in [0.1, 0.15) is 103 Å². The maximum atomic E-state index is 13.6. The van der Waals surface area contributed by atoms with Gasteiger partial charge in [-0.1, -0.05) is 55.8 Å². The van der Waals surface area contributed by atoms with Crippen molar-refractivity contribution in [1.82, 2.24) is 0 Å². The van der Waals surface area contributed by atoms with Crippen LogP contribution >= 0.6 is 0 Å². The molecule has 3 fully saturated rings. The molecule has 1 saturated carbocycles. The Bertz CT molecular complexity index is 1380. The molecule has 0 N–H and O–H groups in total. The summed E-state index contributed by atoms with van der Waals surface area (Å²) in [7, 11) is -2.65. The standard InChI is InChI=1S/C40H58O9S/c1-5-6-9-16-31(3)35(47-39-19-12-14-27-45-39)26-25-34-33(17-10-7-8-11-18-38(41)44-4)37(29-36(34)48-40-20-13-15-28-46-40)49-50(42,43)32-23-21-30(2)22-24-32/h7,10,21-26,31,33-37,39-40H,5,8,11-20,27-29H2,1-4H3/t31?,33-,34-,35-,36-,37+,39?,40?/m1/s1. The average Bonchev–Trinajstić information content (AvgIpc) is 3.42. The van der Waals surface area contributed by atoms with Crippen LogP contribution in [-0.4, -0.2) is 65.6 Å². The summed E-state index contributed by atoms with van der Waals surface area (Å²) in [4.78, 5) is 11.7. The van der Waals surface area contributed by atoms with Crippen molar-refractivity contribution < 1.29 is 41.1 Å². The Morgan fingerprint density at radius 2 is 1.72 bits per heavy atom. The maximum absolute atomic E-state index is 13.6. The van der Waals surface area contributed by atoms with Gasteiger partial charge in [0.05, 0.1) is 30.3 Å². The van der Waals surface area contributed by atoms with E-state index in [2.05, 4.69) is 43.1 Å². The molecular formula is C40H58O9S. The van der Waals surface area contributed by atoms with E-state index in [-0.39, 0.29) is 53.4 Å². The van der Waals surface area contributed by atoms with Crippen molar-refractivity contribution in [2.24, 2.45) is 17.8 Å². The molecule has 0 aromatic heterocycles. The van der Waals surface area contributed by atoms with E-state index < -0.39 is 16.2 Å². The fraction of sp³-hybridized carbons (Fsp3) is 0.675. The first kappa shape index (κ1) is 40.3. The molecule has 10 heteroatoms. The minimum absolute atomic E-state index is 0.111. The minimum Gasteiger partial charge on any atom is -0.469 e. The summed E-state index contributed by atoms with van der Waals surface area (Å²) < 4.78 is 63.4. The fourth-order valence-electron chi connectivity index (χ4n) is 6.77. The molecule has 0 bridgehead atoms. The molecule has 2 saturated heterocycles. The van der Waals surface area contributed by atoms with Gasteiger partial charge in [0.2, 0.25) is 0 Å². The number of aryl methyl sites for hydroxylation is 1. The number of methoxy groups -OCH3 is 1. The zero-order valence-corrected chi connectivity index (χ0v) is 31.2. The molecule has 2 aliphatic heterocycles. The van der Waals surface area contributed by atoms with Crippen LogP contribution in [-0.2, 0) is 42.8 Å². The summed E-state index contributed by atoms with van der Waals surface area (Å²) in [5.41, 5.74) is 0.969. The molecule has 0 spiro atoms.